The third-order valence-corrected chi connectivity index (χ3v) is 5.01. The molecule has 9 heteroatoms. The number of hydrogen-bond donors (Lipinski definition) is 2. The summed E-state index contributed by atoms with van der Waals surface area (Å²) >= 11 is 0. The standard InChI is InChI=1S/C20H27N7O2/c1-21-17-13-19-22-6-10-27(19)20(24-17)25-18-12-15(16(28-2)14-23-18)29-11-5-9-26-7-3-4-8-26/h6,10,12-14,21H,3-5,7-9,11H2,1-2H3,(H,23,24,25). The van der Waals surface area contributed by atoms with Crippen LogP contribution in [0, 0.1) is 0 Å². The first kappa shape index (κ1) is 19.3. The zero-order chi connectivity index (χ0) is 20.1. The SMILES string of the molecule is CNc1cc2nccn2c(Nc2cc(OCCCN3CCCC3)c(OC)cn2)n1. The number of nitrogens with zero attached hydrogens (tertiary/aromatic N) is 5. The molecule has 4 heterocycles. The molecule has 1 aliphatic heterocycles. The molecule has 1 aliphatic rings. The Morgan fingerprint density at radius 1 is 1.10 bits per heavy atom. The van der Waals surface area contributed by atoms with Gasteiger partial charge < -0.3 is 25.0 Å². The highest BCUT2D eigenvalue weighted by Crippen LogP contribution is 2.30. The Kier molecular flexibility index (Phi) is 5.95. The van der Waals surface area contributed by atoms with Crippen LogP contribution in [-0.2, 0) is 0 Å². The van der Waals surface area contributed by atoms with Gasteiger partial charge in [-0.3, -0.25) is 4.40 Å². The van der Waals surface area contributed by atoms with Gasteiger partial charge in [0.25, 0.3) is 0 Å². The highest BCUT2D eigenvalue weighted by molar-refractivity contribution is 5.61. The molecule has 0 unspecified atom stereocenters. The van der Waals surface area contributed by atoms with Crippen molar-refractivity contribution in [2.75, 3.05) is 51.0 Å². The van der Waals surface area contributed by atoms with Gasteiger partial charge in [-0.05, 0) is 32.4 Å². The first-order valence-electron chi connectivity index (χ1n) is 9.95. The number of nitrogens with one attached hydrogen (secondary N) is 2. The monoisotopic (exact) mass is 397 g/mol. The molecule has 1 fully saturated rings. The Bertz CT molecular complexity index is 953. The van der Waals surface area contributed by atoms with E-state index in [1.165, 1.54) is 25.9 Å². The second-order valence-corrected chi connectivity index (χ2v) is 6.97. The third-order valence-electron chi connectivity index (χ3n) is 5.01. The van der Waals surface area contributed by atoms with Gasteiger partial charge in [-0.1, -0.05) is 0 Å². The van der Waals surface area contributed by atoms with Crippen molar-refractivity contribution in [2.24, 2.45) is 0 Å². The van der Waals surface area contributed by atoms with E-state index in [0.29, 0.717) is 29.9 Å². The van der Waals surface area contributed by atoms with Crippen LogP contribution >= 0.6 is 0 Å². The number of hydrogen-bond acceptors (Lipinski definition) is 8. The predicted molar refractivity (Wildman–Crippen MR) is 112 cm³/mol. The maximum atomic E-state index is 6.00. The van der Waals surface area contributed by atoms with E-state index in [1.54, 1.807) is 19.5 Å². The summed E-state index contributed by atoms with van der Waals surface area (Å²) in [6.07, 6.45) is 8.84. The normalized spacial score (nSPS) is 14.3. The number of aromatic nitrogens is 4. The van der Waals surface area contributed by atoms with Gasteiger partial charge in [0.2, 0.25) is 5.95 Å². The van der Waals surface area contributed by atoms with E-state index in [9.17, 15) is 0 Å². The van der Waals surface area contributed by atoms with Crippen LogP contribution in [0.15, 0.2) is 30.7 Å². The number of anilines is 3. The smallest absolute Gasteiger partial charge is 0.216 e. The molecule has 0 bridgehead atoms. The lowest BCUT2D eigenvalue weighted by atomic mass is 10.3. The number of rotatable bonds is 9. The molecule has 0 amide bonds. The molecule has 0 spiro atoms. The number of methoxy groups -OCH3 is 1. The second kappa shape index (κ2) is 8.95. The zero-order valence-corrected chi connectivity index (χ0v) is 16.9. The molecule has 1 saturated heterocycles. The lowest BCUT2D eigenvalue weighted by molar-refractivity contribution is 0.254. The summed E-state index contributed by atoms with van der Waals surface area (Å²) in [6, 6.07) is 3.71. The number of pyridine rings is 1. The average Bonchev–Trinajstić information content (AvgIpc) is 3.43. The van der Waals surface area contributed by atoms with Crippen LogP contribution in [0.25, 0.3) is 5.65 Å². The first-order valence-corrected chi connectivity index (χ1v) is 9.95. The summed E-state index contributed by atoms with van der Waals surface area (Å²) in [5, 5.41) is 6.30. The molecule has 0 radical (unpaired) electrons. The summed E-state index contributed by atoms with van der Waals surface area (Å²) in [6.45, 7) is 4.11. The lowest BCUT2D eigenvalue weighted by Gasteiger charge is -2.16. The largest absolute Gasteiger partial charge is 0.491 e. The molecule has 0 atom stereocenters. The van der Waals surface area contributed by atoms with Gasteiger partial charge in [-0.25, -0.2) is 9.97 Å². The van der Waals surface area contributed by atoms with Gasteiger partial charge in [0.15, 0.2) is 11.5 Å². The molecule has 0 aliphatic carbocycles. The molecule has 29 heavy (non-hydrogen) atoms. The van der Waals surface area contributed by atoms with Gasteiger partial charge in [0, 0.05) is 38.1 Å². The summed E-state index contributed by atoms with van der Waals surface area (Å²) in [7, 11) is 3.44. The van der Waals surface area contributed by atoms with Crippen molar-refractivity contribution in [1.82, 2.24) is 24.3 Å². The van der Waals surface area contributed by atoms with Crippen LogP contribution in [0.4, 0.5) is 17.6 Å². The Morgan fingerprint density at radius 2 is 1.97 bits per heavy atom. The Hall–Kier alpha value is -3.07. The molecular formula is C20H27N7O2. The van der Waals surface area contributed by atoms with Crippen LogP contribution < -0.4 is 20.1 Å². The van der Waals surface area contributed by atoms with E-state index in [0.717, 1.165) is 24.4 Å². The Morgan fingerprint density at radius 3 is 2.76 bits per heavy atom. The van der Waals surface area contributed by atoms with Crippen molar-refractivity contribution in [3.63, 3.8) is 0 Å². The number of ether oxygens (including phenoxy) is 2. The molecular weight excluding hydrogens is 370 g/mol. The van der Waals surface area contributed by atoms with E-state index in [4.69, 9.17) is 9.47 Å². The lowest BCUT2D eigenvalue weighted by Crippen LogP contribution is -2.22. The minimum atomic E-state index is 0.612. The number of likely N-dealkylation sites (tertiary alicyclic amines) is 1. The van der Waals surface area contributed by atoms with Crippen molar-refractivity contribution in [1.29, 1.82) is 0 Å². The molecule has 4 rings (SSSR count). The quantitative estimate of drug-likeness (QED) is 0.533. The summed E-state index contributed by atoms with van der Waals surface area (Å²) in [5.41, 5.74) is 0.791. The van der Waals surface area contributed by atoms with Gasteiger partial charge in [-0.15, -0.1) is 0 Å². The molecule has 0 aromatic carbocycles. The van der Waals surface area contributed by atoms with E-state index < -0.39 is 0 Å². The van der Waals surface area contributed by atoms with Crippen molar-refractivity contribution in [3.8, 4) is 11.5 Å². The van der Waals surface area contributed by atoms with Gasteiger partial charge in [0.05, 0.1) is 19.9 Å². The highest BCUT2D eigenvalue weighted by atomic mass is 16.5. The number of fused-ring (bicyclic) bond motifs is 1. The van der Waals surface area contributed by atoms with Crippen LogP contribution in [0.3, 0.4) is 0 Å². The Balaban J connectivity index is 1.47. The fourth-order valence-corrected chi connectivity index (χ4v) is 3.49. The van der Waals surface area contributed by atoms with Crippen molar-refractivity contribution < 1.29 is 9.47 Å². The third kappa shape index (κ3) is 4.51. The molecule has 154 valence electrons. The van der Waals surface area contributed by atoms with Crippen LogP contribution in [0.2, 0.25) is 0 Å². The molecule has 2 N–H and O–H groups in total. The fourth-order valence-electron chi connectivity index (χ4n) is 3.49. The van der Waals surface area contributed by atoms with Crippen LogP contribution in [0.5, 0.6) is 11.5 Å². The van der Waals surface area contributed by atoms with Crippen LogP contribution in [0.1, 0.15) is 19.3 Å². The van der Waals surface area contributed by atoms with E-state index in [-0.39, 0.29) is 0 Å². The van der Waals surface area contributed by atoms with Crippen molar-refractivity contribution in [2.45, 2.75) is 19.3 Å². The van der Waals surface area contributed by atoms with E-state index in [1.807, 2.05) is 29.8 Å². The Labute approximate surface area is 170 Å². The summed E-state index contributed by atoms with van der Waals surface area (Å²) < 4.78 is 13.3. The fraction of sp³-hybridized carbons (Fsp3) is 0.450. The summed E-state index contributed by atoms with van der Waals surface area (Å²) in [4.78, 5) is 15.8. The summed E-state index contributed by atoms with van der Waals surface area (Å²) in [5.74, 6) is 3.23. The minimum Gasteiger partial charge on any atom is -0.491 e. The minimum absolute atomic E-state index is 0.612. The first-order chi connectivity index (χ1) is 14.3. The molecule has 3 aromatic heterocycles. The van der Waals surface area contributed by atoms with Gasteiger partial charge in [0.1, 0.15) is 17.3 Å². The van der Waals surface area contributed by atoms with Gasteiger partial charge >= 0.3 is 0 Å². The molecule has 9 nitrogen and oxygen atoms in total. The molecule has 3 aromatic rings. The van der Waals surface area contributed by atoms with Crippen LogP contribution in [-0.4, -0.2) is 64.7 Å². The maximum absolute atomic E-state index is 6.00. The van der Waals surface area contributed by atoms with Crippen molar-refractivity contribution in [3.05, 3.63) is 30.7 Å². The van der Waals surface area contributed by atoms with E-state index in [2.05, 4.69) is 30.5 Å². The number of imidazole rings is 1. The second-order valence-electron chi connectivity index (χ2n) is 6.97. The van der Waals surface area contributed by atoms with Gasteiger partial charge in [-0.2, -0.15) is 4.98 Å². The molecule has 0 saturated carbocycles. The van der Waals surface area contributed by atoms with E-state index >= 15 is 0 Å². The van der Waals surface area contributed by atoms with Crippen molar-refractivity contribution >= 4 is 23.2 Å². The predicted octanol–water partition coefficient (Wildman–Crippen LogP) is 2.78. The average molecular weight is 397 g/mol. The maximum Gasteiger partial charge on any atom is 0.216 e. The highest BCUT2D eigenvalue weighted by Gasteiger charge is 2.13. The topological polar surface area (TPSA) is 88.8 Å². The zero-order valence-electron chi connectivity index (χ0n) is 16.9.